The number of nitrogens with zero attached hydrogens (tertiary/aromatic N) is 4. The lowest BCUT2D eigenvalue weighted by Gasteiger charge is -2.10. The van der Waals surface area contributed by atoms with Gasteiger partial charge in [-0.15, -0.1) is 0 Å². The number of hydrogen-bond donors (Lipinski definition) is 1. The van der Waals surface area contributed by atoms with E-state index >= 15 is 0 Å². The maximum Gasteiger partial charge on any atom is 0.274 e. The third kappa shape index (κ3) is 2.93. The van der Waals surface area contributed by atoms with Crippen LogP contribution in [-0.4, -0.2) is 25.5 Å². The Labute approximate surface area is 150 Å². The van der Waals surface area contributed by atoms with Gasteiger partial charge in [0, 0.05) is 17.4 Å². The van der Waals surface area contributed by atoms with Gasteiger partial charge in [0.15, 0.2) is 0 Å². The SMILES string of the molecule is Cc1cnnc(-c2ccc(C)c(NC(=O)c3cnc4ccccn34)c2)c1. The average Bonchev–Trinajstić information content (AvgIpc) is 3.08. The molecule has 0 saturated carbocycles. The monoisotopic (exact) mass is 343 g/mol. The number of aryl methyl sites for hydroxylation is 2. The van der Waals surface area contributed by atoms with Crippen molar-refractivity contribution < 1.29 is 4.79 Å². The molecule has 4 aromatic rings. The minimum absolute atomic E-state index is 0.209. The van der Waals surface area contributed by atoms with E-state index in [1.807, 2.05) is 62.5 Å². The van der Waals surface area contributed by atoms with Crippen molar-refractivity contribution in [3.05, 3.63) is 77.9 Å². The molecule has 1 amide bonds. The number of fused-ring (bicyclic) bond motifs is 1. The Hall–Kier alpha value is -3.54. The molecule has 0 aliphatic carbocycles. The summed E-state index contributed by atoms with van der Waals surface area (Å²) >= 11 is 0. The summed E-state index contributed by atoms with van der Waals surface area (Å²) in [6.07, 6.45) is 5.11. The molecular formula is C20H17N5O. The van der Waals surface area contributed by atoms with Gasteiger partial charge in [-0.3, -0.25) is 9.20 Å². The van der Waals surface area contributed by atoms with Crippen molar-refractivity contribution in [1.29, 1.82) is 0 Å². The summed E-state index contributed by atoms with van der Waals surface area (Å²) in [5, 5.41) is 11.2. The van der Waals surface area contributed by atoms with Crippen LogP contribution in [0.1, 0.15) is 21.6 Å². The lowest BCUT2D eigenvalue weighted by atomic mass is 10.1. The summed E-state index contributed by atoms with van der Waals surface area (Å²) in [4.78, 5) is 17.0. The number of imidazole rings is 1. The quantitative estimate of drug-likeness (QED) is 0.616. The molecular weight excluding hydrogens is 326 g/mol. The molecule has 6 nitrogen and oxygen atoms in total. The van der Waals surface area contributed by atoms with Crippen LogP contribution in [0.3, 0.4) is 0 Å². The molecule has 0 fully saturated rings. The molecule has 3 aromatic heterocycles. The first-order valence-corrected chi connectivity index (χ1v) is 8.25. The molecule has 1 N–H and O–H groups in total. The van der Waals surface area contributed by atoms with Gasteiger partial charge in [0.1, 0.15) is 11.3 Å². The fourth-order valence-electron chi connectivity index (χ4n) is 2.81. The first-order chi connectivity index (χ1) is 12.6. The normalized spacial score (nSPS) is 10.8. The molecule has 3 heterocycles. The van der Waals surface area contributed by atoms with Crippen molar-refractivity contribution in [3.63, 3.8) is 0 Å². The highest BCUT2D eigenvalue weighted by Crippen LogP contribution is 2.24. The number of amides is 1. The number of hydrogen-bond acceptors (Lipinski definition) is 4. The molecule has 6 heteroatoms. The van der Waals surface area contributed by atoms with Gasteiger partial charge in [0.05, 0.1) is 18.1 Å². The number of carbonyl (C=O) groups excluding carboxylic acids is 1. The van der Waals surface area contributed by atoms with Crippen LogP contribution in [0.4, 0.5) is 5.69 Å². The van der Waals surface area contributed by atoms with E-state index in [4.69, 9.17) is 0 Å². The average molecular weight is 343 g/mol. The Morgan fingerprint density at radius 2 is 1.96 bits per heavy atom. The predicted octanol–water partition coefficient (Wildman–Crippen LogP) is 3.66. The number of rotatable bonds is 3. The summed E-state index contributed by atoms with van der Waals surface area (Å²) in [6, 6.07) is 13.4. The molecule has 0 aliphatic heterocycles. The minimum atomic E-state index is -0.209. The molecule has 0 aliphatic rings. The van der Waals surface area contributed by atoms with Crippen LogP contribution in [0, 0.1) is 13.8 Å². The van der Waals surface area contributed by atoms with Crippen LogP contribution in [0.2, 0.25) is 0 Å². The van der Waals surface area contributed by atoms with Crippen LogP contribution in [0.5, 0.6) is 0 Å². The van der Waals surface area contributed by atoms with E-state index in [-0.39, 0.29) is 5.91 Å². The standard InChI is InChI=1S/C20H17N5O/c1-13-9-17(24-22-11-13)15-7-6-14(2)16(10-15)23-20(26)18-12-21-19-5-3-4-8-25(18)19/h3-12H,1-2H3,(H,23,26). The molecule has 0 bridgehead atoms. The highest BCUT2D eigenvalue weighted by atomic mass is 16.1. The van der Waals surface area contributed by atoms with Gasteiger partial charge < -0.3 is 5.32 Å². The van der Waals surface area contributed by atoms with Crippen molar-refractivity contribution in [2.24, 2.45) is 0 Å². The van der Waals surface area contributed by atoms with E-state index < -0.39 is 0 Å². The first-order valence-electron chi connectivity index (χ1n) is 8.25. The first kappa shape index (κ1) is 16.0. The Morgan fingerprint density at radius 1 is 1.08 bits per heavy atom. The topological polar surface area (TPSA) is 72.2 Å². The smallest absolute Gasteiger partial charge is 0.274 e. The molecule has 4 rings (SSSR count). The zero-order chi connectivity index (χ0) is 18.1. The van der Waals surface area contributed by atoms with Gasteiger partial charge in [-0.25, -0.2) is 4.98 Å². The maximum absolute atomic E-state index is 12.7. The van der Waals surface area contributed by atoms with Crippen molar-refractivity contribution in [1.82, 2.24) is 19.6 Å². The number of aromatic nitrogens is 4. The van der Waals surface area contributed by atoms with E-state index in [9.17, 15) is 4.79 Å². The molecule has 1 aromatic carbocycles. The van der Waals surface area contributed by atoms with Gasteiger partial charge >= 0.3 is 0 Å². The number of pyridine rings is 1. The molecule has 0 unspecified atom stereocenters. The summed E-state index contributed by atoms with van der Waals surface area (Å²) in [5.41, 5.74) is 5.64. The second-order valence-corrected chi connectivity index (χ2v) is 6.17. The lowest BCUT2D eigenvalue weighted by Crippen LogP contribution is -2.15. The minimum Gasteiger partial charge on any atom is -0.320 e. The number of benzene rings is 1. The highest BCUT2D eigenvalue weighted by Gasteiger charge is 2.14. The third-order valence-corrected chi connectivity index (χ3v) is 4.22. The van der Waals surface area contributed by atoms with Crippen molar-refractivity contribution in [2.75, 3.05) is 5.32 Å². The van der Waals surface area contributed by atoms with E-state index in [2.05, 4.69) is 20.5 Å². The van der Waals surface area contributed by atoms with Crippen molar-refractivity contribution in [3.8, 4) is 11.3 Å². The number of anilines is 1. The molecule has 0 radical (unpaired) electrons. The molecule has 0 atom stereocenters. The van der Waals surface area contributed by atoms with Gasteiger partial charge in [-0.05, 0) is 49.2 Å². The fraction of sp³-hybridized carbons (Fsp3) is 0.100. The number of carbonyl (C=O) groups is 1. The second kappa shape index (κ2) is 6.40. The summed E-state index contributed by atoms with van der Waals surface area (Å²) < 4.78 is 1.76. The Balaban J connectivity index is 1.67. The highest BCUT2D eigenvalue weighted by molar-refractivity contribution is 6.04. The van der Waals surface area contributed by atoms with E-state index in [0.717, 1.165) is 33.7 Å². The van der Waals surface area contributed by atoms with Gasteiger partial charge in [0.25, 0.3) is 5.91 Å². The summed E-state index contributed by atoms with van der Waals surface area (Å²) in [6.45, 7) is 3.93. The van der Waals surface area contributed by atoms with Gasteiger partial charge in [-0.1, -0.05) is 18.2 Å². The van der Waals surface area contributed by atoms with E-state index in [0.29, 0.717) is 5.69 Å². The van der Waals surface area contributed by atoms with Crippen molar-refractivity contribution >= 4 is 17.2 Å². The molecule has 128 valence electrons. The van der Waals surface area contributed by atoms with Crippen molar-refractivity contribution in [2.45, 2.75) is 13.8 Å². The van der Waals surface area contributed by atoms with E-state index in [1.165, 1.54) is 0 Å². The molecule has 0 saturated heterocycles. The third-order valence-electron chi connectivity index (χ3n) is 4.22. The molecule has 0 spiro atoms. The van der Waals surface area contributed by atoms with Crippen LogP contribution < -0.4 is 5.32 Å². The summed E-state index contributed by atoms with van der Waals surface area (Å²) in [7, 11) is 0. The Kier molecular flexibility index (Phi) is 3.93. The van der Waals surface area contributed by atoms with Crippen LogP contribution in [0.25, 0.3) is 16.9 Å². The molecule has 26 heavy (non-hydrogen) atoms. The fourth-order valence-corrected chi connectivity index (χ4v) is 2.81. The summed E-state index contributed by atoms with van der Waals surface area (Å²) in [5.74, 6) is -0.209. The lowest BCUT2D eigenvalue weighted by molar-refractivity contribution is 0.102. The van der Waals surface area contributed by atoms with Crippen LogP contribution in [0.15, 0.2) is 61.1 Å². The largest absolute Gasteiger partial charge is 0.320 e. The van der Waals surface area contributed by atoms with Crippen LogP contribution >= 0.6 is 0 Å². The Bertz CT molecular complexity index is 1120. The second-order valence-electron chi connectivity index (χ2n) is 6.17. The van der Waals surface area contributed by atoms with E-state index in [1.54, 1.807) is 16.8 Å². The zero-order valence-electron chi connectivity index (χ0n) is 14.5. The predicted molar refractivity (Wildman–Crippen MR) is 100 cm³/mol. The van der Waals surface area contributed by atoms with Gasteiger partial charge in [0.2, 0.25) is 0 Å². The van der Waals surface area contributed by atoms with Gasteiger partial charge in [-0.2, -0.15) is 10.2 Å². The zero-order valence-corrected chi connectivity index (χ0v) is 14.5. The maximum atomic E-state index is 12.7. The number of nitrogens with one attached hydrogen (secondary N) is 1. The van der Waals surface area contributed by atoms with Crippen LogP contribution in [-0.2, 0) is 0 Å². The Morgan fingerprint density at radius 3 is 2.81 bits per heavy atom.